The van der Waals surface area contributed by atoms with Crippen molar-refractivity contribution in [3.63, 3.8) is 0 Å². The Morgan fingerprint density at radius 1 is 1.60 bits per heavy atom. The molecule has 1 aliphatic rings. The van der Waals surface area contributed by atoms with Gasteiger partial charge in [-0.3, -0.25) is 14.9 Å². The van der Waals surface area contributed by atoms with Crippen molar-refractivity contribution in [2.45, 2.75) is 0 Å². The fourth-order valence-electron chi connectivity index (χ4n) is 1.10. The van der Waals surface area contributed by atoms with Crippen molar-refractivity contribution in [1.82, 2.24) is 15.1 Å². The van der Waals surface area contributed by atoms with Crippen LogP contribution in [0.2, 0.25) is 0 Å². The number of aryl methyl sites for hydroxylation is 1. The number of nitrogens with zero attached hydrogens (tertiary/aromatic N) is 2. The van der Waals surface area contributed by atoms with Gasteiger partial charge >= 0.3 is 0 Å². The van der Waals surface area contributed by atoms with Crippen LogP contribution in [0.15, 0.2) is 11.0 Å². The van der Waals surface area contributed by atoms with Gasteiger partial charge in [0.25, 0.3) is 11.1 Å². The van der Waals surface area contributed by atoms with Crippen LogP contribution < -0.4 is 5.32 Å². The first kappa shape index (κ1) is 9.78. The van der Waals surface area contributed by atoms with Crippen LogP contribution in [0.1, 0.15) is 5.69 Å². The van der Waals surface area contributed by atoms with Gasteiger partial charge in [0.1, 0.15) is 0 Å². The number of amides is 2. The van der Waals surface area contributed by atoms with Gasteiger partial charge in [0.05, 0.1) is 10.6 Å². The zero-order valence-electron chi connectivity index (χ0n) is 7.72. The van der Waals surface area contributed by atoms with Crippen molar-refractivity contribution in [1.29, 1.82) is 0 Å². The van der Waals surface area contributed by atoms with Crippen molar-refractivity contribution in [3.8, 4) is 5.88 Å². The summed E-state index contributed by atoms with van der Waals surface area (Å²) in [6.07, 6.45) is 1.45. The van der Waals surface area contributed by atoms with Gasteiger partial charge in [-0.2, -0.15) is 5.10 Å². The van der Waals surface area contributed by atoms with Gasteiger partial charge in [-0.1, -0.05) is 0 Å². The van der Waals surface area contributed by atoms with Crippen LogP contribution in [-0.2, 0) is 11.8 Å². The molecular formula is C8H7N3O3S. The predicted molar refractivity (Wildman–Crippen MR) is 54.0 cm³/mol. The molecule has 15 heavy (non-hydrogen) atoms. The molecule has 7 heteroatoms. The van der Waals surface area contributed by atoms with Crippen LogP contribution in [0.5, 0.6) is 5.88 Å². The number of aromatic hydroxyl groups is 1. The number of hydrogen-bond acceptors (Lipinski definition) is 5. The molecule has 0 saturated carbocycles. The maximum atomic E-state index is 11.2. The molecule has 2 heterocycles. The molecule has 2 rings (SSSR count). The Balaban J connectivity index is 2.30. The number of carbonyl (C=O) groups is 2. The fourth-order valence-corrected chi connectivity index (χ4v) is 1.77. The van der Waals surface area contributed by atoms with E-state index in [1.807, 2.05) is 0 Å². The Hall–Kier alpha value is -1.76. The predicted octanol–water partition coefficient (Wildman–Crippen LogP) is 0.450. The second-order valence-corrected chi connectivity index (χ2v) is 3.92. The lowest BCUT2D eigenvalue weighted by molar-refractivity contribution is -0.115. The smallest absolute Gasteiger partial charge is 0.290 e. The highest BCUT2D eigenvalue weighted by Gasteiger charge is 2.25. The third-order valence-electron chi connectivity index (χ3n) is 1.80. The van der Waals surface area contributed by atoms with E-state index in [0.717, 1.165) is 11.8 Å². The number of aromatic nitrogens is 2. The first-order valence-electron chi connectivity index (χ1n) is 4.04. The lowest BCUT2D eigenvalue weighted by Crippen LogP contribution is -2.17. The lowest BCUT2D eigenvalue weighted by Gasteiger charge is -1.88. The van der Waals surface area contributed by atoms with Crippen LogP contribution in [0, 0.1) is 0 Å². The molecule has 0 aromatic carbocycles. The molecule has 0 spiro atoms. The highest BCUT2D eigenvalue weighted by atomic mass is 32.2. The topological polar surface area (TPSA) is 84.2 Å². The van der Waals surface area contributed by atoms with Gasteiger partial charge in [-0.05, 0) is 17.8 Å². The van der Waals surface area contributed by atoms with Gasteiger partial charge < -0.3 is 5.11 Å². The molecule has 0 aliphatic carbocycles. The second kappa shape index (κ2) is 3.43. The fraction of sp³-hybridized carbons (Fsp3) is 0.125. The van der Waals surface area contributed by atoms with E-state index >= 15 is 0 Å². The minimum absolute atomic E-state index is 0.00317. The van der Waals surface area contributed by atoms with Gasteiger partial charge in [0.2, 0.25) is 5.88 Å². The Labute approximate surface area is 89.0 Å². The Kier molecular flexibility index (Phi) is 2.24. The van der Waals surface area contributed by atoms with Crippen molar-refractivity contribution >= 4 is 29.0 Å². The lowest BCUT2D eigenvalue weighted by atomic mass is 10.3. The summed E-state index contributed by atoms with van der Waals surface area (Å²) >= 11 is 0.814. The molecule has 6 nitrogen and oxygen atoms in total. The van der Waals surface area contributed by atoms with Gasteiger partial charge in [-0.15, -0.1) is 0 Å². The molecule has 0 unspecified atom stereocenters. The third kappa shape index (κ3) is 1.86. The Morgan fingerprint density at radius 3 is 2.80 bits per heavy atom. The van der Waals surface area contributed by atoms with Crippen molar-refractivity contribution < 1.29 is 14.7 Å². The van der Waals surface area contributed by atoms with E-state index in [1.165, 1.54) is 16.8 Å². The van der Waals surface area contributed by atoms with E-state index in [9.17, 15) is 14.7 Å². The van der Waals surface area contributed by atoms with Gasteiger partial charge in [0.15, 0.2) is 0 Å². The van der Waals surface area contributed by atoms with Crippen molar-refractivity contribution in [3.05, 3.63) is 16.7 Å². The quantitative estimate of drug-likeness (QED) is 0.678. The summed E-state index contributed by atoms with van der Waals surface area (Å²) in [5.74, 6) is -0.438. The monoisotopic (exact) mass is 225 g/mol. The first-order chi connectivity index (χ1) is 7.06. The molecule has 1 aromatic rings. The third-order valence-corrected chi connectivity index (χ3v) is 2.61. The summed E-state index contributed by atoms with van der Waals surface area (Å²) in [6.45, 7) is 0. The van der Waals surface area contributed by atoms with E-state index in [2.05, 4.69) is 10.4 Å². The number of carbonyl (C=O) groups excluding carboxylic acids is 2. The van der Waals surface area contributed by atoms with Crippen LogP contribution in [0.25, 0.3) is 6.08 Å². The molecule has 0 bridgehead atoms. The average Bonchev–Trinajstić information content (AvgIpc) is 2.59. The van der Waals surface area contributed by atoms with Crippen LogP contribution >= 0.6 is 11.8 Å². The molecule has 0 atom stereocenters. The van der Waals surface area contributed by atoms with E-state index in [1.54, 1.807) is 7.05 Å². The van der Waals surface area contributed by atoms with E-state index in [4.69, 9.17) is 0 Å². The zero-order valence-corrected chi connectivity index (χ0v) is 8.54. The molecule has 1 fully saturated rings. The molecule has 2 N–H and O–H groups in total. The maximum Gasteiger partial charge on any atom is 0.290 e. The molecule has 1 saturated heterocycles. The van der Waals surface area contributed by atoms with Gasteiger partial charge in [0, 0.05) is 13.1 Å². The number of imide groups is 1. The molecule has 1 aromatic heterocycles. The largest absolute Gasteiger partial charge is 0.493 e. The van der Waals surface area contributed by atoms with Crippen LogP contribution in [0.4, 0.5) is 4.79 Å². The summed E-state index contributed by atoms with van der Waals surface area (Å²) in [6, 6.07) is 1.41. The molecule has 1 aliphatic heterocycles. The number of thioether (sulfide) groups is 1. The molecule has 2 amide bonds. The Bertz CT molecular complexity index is 458. The molecular weight excluding hydrogens is 218 g/mol. The maximum absolute atomic E-state index is 11.2. The summed E-state index contributed by atoms with van der Waals surface area (Å²) in [5.41, 5.74) is 0.433. The van der Waals surface area contributed by atoms with Crippen LogP contribution in [0.3, 0.4) is 0 Å². The summed E-state index contributed by atoms with van der Waals surface area (Å²) in [7, 11) is 1.57. The average molecular weight is 225 g/mol. The highest BCUT2D eigenvalue weighted by molar-refractivity contribution is 8.18. The minimum atomic E-state index is -0.435. The SMILES string of the molecule is Cn1nc(C=C2SC(=O)NC2=O)cc1O. The number of hydrogen-bond donors (Lipinski definition) is 2. The number of nitrogens with one attached hydrogen (secondary N) is 1. The highest BCUT2D eigenvalue weighted by Crippen LogP contribution is 2.25. The van der Waals surface area contributed by atoms with E-state index in [0.29, 0.717) is 5.69 Å². The zero-order chi connectivity index (χ0) is 11.0. The summed E-state index contributed by atoms with van der Waals surface area (Å²) < 4.78 is 1.27. The number of rotatable bonds is 1. The van der Waals surface area contributed by atoms with E-state index < -0.39 is 11.1 Å². The summed E-state index contributed by atoms with van der Waals surface area (Å²) in [4.78, 5) is 22.3. The molecule has 78 valence electrons. The first-order valence-corrected chi connectivity index (χ1v) is 4.86. The van der Waals surface area contributed by atoms with Gasteiger partial charge in [-0.25, -0.2) is 4.68 Å². The van der Waals surface area contributed by atoms with Crippen molar-refractivity contribution in [2.24, 2.45) is 7.05 Å². The molecule has 0 radical (unpaired) electrons. The Morgan fingerprint density at radius 2 is 2.33 bits per heavy atom. The second-order valence-electron chi connectivity index (χ2n) is 2.90. The summed E-state index contributed by atoms with van der Waals surface area (Å²) in [5, 5.41) is 14.9. The normalized spacial score (nSPS) is 18.6. The minimum Gasteiger partial charge on any atom is -0.493 e. The van der Waals surface area contributed by atoms with Crippen molar-refractivity contribution in [2.75, 3.05) is 0 Å². The standard InChI is InChI=1S/C8H7N3O3S/c1-11-6(12)3-4(10-11)2-5-7(13)9-8(14)15-5/h2-3,12H,1H3,(H,9,13,14). The van der Waals surface area contributed by atoms with Crippen LogP contribution in [-0.4, -0.2) is 26.0 Å². The van der Waals surface area contributed by atoms with E-state index in [-0.39, 0.29) is 10.8 Å².